The van der Waals surface area contributed by atoms with Crippen LogP contribution in [-0.4, -0.2) is 27.0 Å². The highest BCUT2D eigenvalue weighted by atomic mass is 16.2. The number of rotatable bonds is 4. The van der Waals surface area contributed by atoms with Crippen molar-refractivity contribution >= 4 is 12.2 Å². The third-order valence-corrected chi connectivity index (χ3v) is 3.10. The lowest BCUT2D eigenvalue weighted by molar-refractivity contribution is 0.249. The first kappa shape index (κ1) is 14.5. The summed E-state index contributed by atoms with van der Waals surface area (Å²) in [4.78, 5) is 14.7. The molecule has 2 amide bonds. The normalized spacial score (nSPS) is 10.8. The van der Waals surface area contributed by atoms with Gasteiger partial charge in [0.05, 0.1) is 11.9 Å². The Morgan fingerprint density at radius 3 is 2.61 bits per heavy atom. The Hall–Kier alpha value is -3.48. The maximum Gasteiger partial charge on any atom is 0.332 e. The van der Waals surface area contributed by atoms with E-state index in [0.717, 1.165) is 22.5 Å². The summed E-state index contributed by atoms with van der Waals surface area (Å²) < 4.78 is 1.75. The van der Waals surface area contributed by atoms with Gasteiger partial charge in [0.15, 0.2) is 0 Å². The quantitative estimate of drug-likeness (QED) is 0.569. The largest absolute Gasteiger partial charge is 0.350 e. The second-order valence-corrected chi connectivity index (χ2v) is 4.68. The first-order valence-electron chi connectivity index (χ1n) is 6.88. The molecule has 0 atom stereocenters. The third kappa shape index (κ3) is 3.41. The summed E-state index contributed by atoms with van der Waals surface area (Å²) in [5, 5.41) is 8.42. The summed E-state index contributed by atoms with van der Waals surface area (Å²) in [6.45, 7) is 0. The Morgan fingerprint density at radius 2 is 1.91 bits per heavy atom. The summed E-state index contributed by atoms with van der Waals surface area (Å²) >= 11 is 0. The molecule has 3 N–H and O–H groups in total. The second kappa shape index (κ2) is 6.52. The summed E-state index contributed by atoms with van der Waals surface area (Å²) in [7, 11) is 0. The Labute approximate surface area is 132 Å². The van der Waals surface area contributed by atoms with Gasteiger partial charge in [0, 0.05) is 29.7 Å². The maximum absolute atomic E-state index is 10.7. The molecule has 0 aliphatic carbocycles. The monoisotopic (exact) mass is 306 g/mol. The van der Waals surface area contributed by atoms with Crippen molar-refractivity contribution in [1.82, 2.24) is 20.2 Å². The van der Waals surface area contributed by atoms with E-state index in [4.69, 9.17) is 5.73 Å². The molecule has 0 unspecified atom stereocenters. The zero-order valence-electron chi connectivity index (χ0n) is 12.1. The SMILES string of the molecule is NC(=O)N/N=C\c1cn(-c2ccccc2)nc1-c1ccncc1. The highest BCUT2D eigenvalue weighted by Crippen LogP contribution is 2.21. The van der Waals surface area contributed by atoms with Crippen LogP contribution in [0.2, 0.25) is 0 Å². The van der Waals surface area contributed by atoms with E-state index < -0.39 is 6.03 Å². The van der Waals surface area contributed by atoms with Crippen LogP contribution in [0, 0.1) is 0 Å². The van der Waals surface area contributed by atoms with Crippen LogP contribution in [0.15, 0.2) is 66.2 Å². The summed E-state index contributed by atoms with van der Waals surface area (Å²) in [6.07, 6.45) is 6.73. The minimum absolute atomic E-state index is 0.720. The molecule has 0 bridgehead atoms. The van der Waals surface area contributed by atoms with Crippen LogP contribution in [0.1, 0.15) is 5.56 Å². The number of primary amides is 1. The number of carbonyl (C=O) groups is 1. The third-order valence-electron chi connectivity index (χ3n) is 3.10. The minimum Gasteiger partial charge on any atom is -0.350 e. The first-order chi connectivity index (χ1) is 11.2. The van der Waals surface area contributed by atoms with Gasteiger partial charge in [0.2, 0.25) is 0 Å². The van der Waals surface area contributed by atoms with E-state index in [9.17, 15) is 4.79 Å². The standard InChI is InChI=1S/C16H14N6O/c17-16(23)20-19-10-13-11-22(14-4-2-1-3-5-14)21-15(13)12-6-8-18-9-7-12/h1-11H,(H3,17,20,23)/b19-10-. The molecule has 7 heteroatoms. The van der Waals surface area contributed by atoms with Crippen LogP contribution in [-0.2, 0) is 0 Å². The van der Waals surface area contributed by atoms with Crippen molar-refractivity contribution in [3.63, 3.8) is 0 Å². The van der Waals surface area contributed by atoms with Crippen molar-refractivity contribution in [3.05, 3.63) is 66.6 Å². The van der Waals surface area contributed by atoms with Crippen LogP contribution in [0.25, 0.3) is 16.9 Å². The van der Waals surface area contributed by atoms with Gasteiger partial charge in [-0.1, -0.05) is 18.2 Å². The molecule has 0 radical (unpaired) electrons. The number of nitrogens with zero attached hydrogens (tertiary/aromatic N) is 4. The van der Waals surface area contributed by atoms with Gasteiger partial charge in [0.1, 0.15) is 5.69 Å². The molecule has 2 aromatic heterocycles. The Balaban J connectivity index is 2.03. The molecule has 3 aromatic rings. The van der Waals surface area contributed by atoms with Gasteiger partial charge in [0.25, 0.3) is 0 Å². The van der Waals surface area contributed by atoms with E-state index in [-0.39, 0.29) is 0 Å². The average Bonchev–Trinajstić information content (AvgIpc) is 3.00. The molecular weight excluding hydrogens is 292 g/mol. The van der Waals surface area contributed by atoms with Gasteiger partial charge in [-0.2, -0.15) is 10.2 Å². The Morgan fingerprint density at radius 1 is 1.17 bits per heavy atom. The molecule has 0 spiro atoms. The lowest BCUT2D eigenvalue weighted by atomic mass is 10.1. The number of pyridine rings is 1. The van der Waals surface area contributed by atoms with Crippen molar-refractivity contribution in [1.29, 1.82) is 0 Å². The van der Waals surface area contributed by atoms with Gasteiger partial charge >= 0.3 is 6.03 Å². The number of nitrogens with two attached hydrogens (primary N) is 1. The lowest BCUT2D eigenvalue weighted by Crippen LogP contribution is -2.24. The number of amides is 2. The zero-order valence-corrected chi connectivity index (χ0v) is 12.1. The minimum atomic E-state index is -0.720. The number of benzene rings is 1. The molecular formula is C16H14N6O. The Kier molecular flexibility index (Phi) is 4.10. The number of hydrogen-bond donors (Lipinski definition) is 2. The molecule has 3 rings (SSSR count). The smallest absolute Gasteiger partial charge is 0.332 e. The number of nitrogens with one attached hydrogen (secondary N) is 1. The number of hydrazone groups is 1. The fraction of sp³-hybridized carbons (Fsp3) is 0. The molecule has 2 heterocycles. The predicted molar refractivity (Wildman–Crippen MR) is 87.1 cm³/mol. The highest BCUT2D eigenvalue weighted by Gasteiger charge is 2.10. The van der Waals surface area contributed by atoms with E-state index in [2.05, 4.69) is 20.6 Å². The number of urea groups is 1. The van der Waals surface area contributed by atoms with Crippen molar-refractivity contribution in [3.8, 4) is 16.9 Å². The number of hydrogen-bond acceptors (Lipinski definition) is 4. The van der Waals surface area contributed by atoms with Crippen LogP contribution in [0.4, 0.5) is 4.79 Å². The van der Waals surface area contributed by atoms with E-state index in [0.29, 0.717) is 0 Å². The molecule has 114 valence electrons. The number of aromatic nitrogens is 3. The fourth-order valence-corrected chi connectivity index (χ4v) is 2.09. The molecule has 0 aliphatic heterocycles. The number of carbonyl (C=O) groups excluding carboxylic acids is 1. The summed E-state index contributed by atoms with van der Waals surface area (Å²) in [6, 6.07) is 12.7. The van der Waals surface area contributed by atoms with Gasteiger partial charge in [-0.05, 0) is 24.3 Å². The van der Waals surface area contributed by atoms with Crippen molar-refractivity contribution in [2.24, 2.45) is 10.8 Å². The van der Waals surface area contributed by atoms with Crippen LogP contribution >= 0.6 is 0 Å². The average molecular weight is 306 g/mol. The van der Waals surface area contributed by atoms with Gasteiger partial charge < -0.3 is 5.73 Å². The van der Waals surface area contributed by atoms with Gasteiger partial charge in [-0.3, -0.25) is 4.98 Å². The molecule has 7 nitrogen and oxygen atoms in total. The number of para-hydroxylation sites is 1. The highest BCUT2D eigenvalue weighted by molar-refractivity contribution is 5.89. The molecule has 1 aromatic carbocycles. The van der Waals surface area contributed by atoms with Crippen LogP contribution < -0.4 is 11.2 Å². The fourth-order valence-electron chi connectivity index (χ4n) is 2.09. The topological polar surface area (TPSA) is 98.2 Å². The van der Waals surface area contributed by atoms with Crippen molar-refractivity contribution < 1.29 is 4.79 Å². The van der Waals surface area contributed by atoms with Gasteiger partial charge in [-0.15, -0.1) is 0 Å². The molecule has 0 saturated heterocycles. The first-order valence-corrected chi connectivity index (χ1v) is 6.88. The van der Waals surface area contributed by atoms with E-state index in [1.807, 2.05) is 48.7 Å². The van der Waals surface area contributed by atoms with E-state index >= 15 is 0 Å². The molecule has 0 saturated carbocycles. The predicted octanol–water partition coefficient (Wildman–Crippen LogP) is 1.94. The van der Waals surface area contributed by atoms with Crippen molar-refractivity contribution in [2.45, 2.75) is 0 Å². The second-order valence-electron chi connectivity index (χ2n) is 4.68. The van der Waals surface area contributed by atoms with Gasteiger partial charge in [-0.25, -0.2) is 14.9 Å². The van der Waals surface area contributed by atoms with E-state index in [1.165, 1.54) is 6.21 Å². The van der Waals surface area contributed by atoms with Crippen molar-refractivity contribution in [2.75, 3.05) is 0 Å². The Bertz CT molecular complexity index is 826. The zero-order chi connectivity index (χ0) is 16.1. The van der Waals surface area contributed by atoms with Crippen LogP contribution in [0.5, 0.6) is 0 Å². The summed E-state index contributed by atoms with van der Waals surface area (Å²) in [5.74, 6) is 0. The lowest BCUT2D eigenvalue weighted by Gasteiger charge is -2.00. The van der Waals surface area contributed by atoms with E-state index in [1.54, 1.807) is 17.1 Å². The maximum atomic E-state index is 10.7. The molecule has 0 aliphatic rings. The van der Waals surface area contributed by atoms with Crippen LogP contribution in [0.3, 0.4) is 0 Å². The summed E-state index contributed by atoms with van der Waals surface area (Å²) in [5.41, 5.74) is 10.5. The molecule has 0 fully saturated rings. The molecule has 23 heavy (non-hydrogen) atoms.